The third kappa shape index (κ3) is 2.38. The van der Waals surface area contributed by atoms with E-state index in [0.29, 0.717) is 12.4 Å². The molecular formula is C14H20N3O+. The van der Waals surface area contributed by atoms with Gasteiger partial charge >= 0.3 is 0 Å². The lowest BCUT2D eigenvalue weighted by Crippen LogP contribution is -2.60. The molecule has 4 rings (SSSR count). The highest BCUT2D eigenvalue weighted by Gasteiger charge is 2.40. The number of fused-ring (bicyclic) bond motifs is 3. The SMILES string of the molecule is O=C(C[N+]12CCC(CC1)CC2)Nc1ccccn1. The molecule has 0 spiro atoms. The van der Waals surface area contributed by atoms with Crippen LogP contribution in [-0.2, 0) is 4.79 Å². The number of rotatable bonds is 3. The molecule has 0 radical (unpaired) electrons. The maximum atomic E-state index is 12.1. The topological polar surface area (TPSA) is 42.0 Å². The molecule has 1 aromatic heterocycles. The Balaban J connectivity index is 1.61. The Morgan fingerprint density at radius 1 is 1.28 bits per heavy atom. The molecule has 1 aromatic rings. The Hall–Kier alpha value is -1.42. The third-order valence-corrected chi connectivity index (χ3v) is 4.45. The van der Waals surface area contributed by atoms with E-state index in [4.69, 9.17) is 0 Å². The Kier molecular flexibility index (Phi) is 3.04. The molecule has 4 nitrogen and oxygen atoms in total. The van der Waals surface area contributed by atoms with Crippen LogP contribution in [0.15, 0.2) is 24.4 Å². The molecule has 3 saturated heterocycles. The Bertz CT molecular complexity index is 410. The zero-order valence-electron chi connectivity index (χ0n) is 10.6. The minimum Gasteiger partial charge on any atom is -0.316 e. The van der Waals surface area contributed by atoms with Crippen molar-refractivity contribution in [1.29, 1.82) is 0 Å². The average Bonchev–Trinajstić information content (AvgIpc) is 2.41. The van der Waals surface area contributed by atoms with Gasteiger partial charge in [0.2, 0.25) is 0 Å². The largest absolute Gasteiger partial charge is 0.316 e. The first-order valence-corrected chi connectivity index (χ1v) is 6.82. The summed E-state index contributed by atoms with van der Waals surface area (Å²) in [6.45, 7) is 4.16. The van der Waals surface area contributed by atoms with Crippen LogP contribution in [0.2, 0.25) is 0 Å². The van der Waals surface area contributed by atoms with Gasteiger partial charge in [0, 0.05) is 6.20 Å². The Labute approximate surface area is 108 Å². The van der Waals surface area contributed by atoms with Crippen LogP contribution in [0, 0.1) is 5.92 Å². The van der Waals surface area contributed by atoms with Crippen molar-refractivity contribution in [1.82, 2.24) is 4.98 Å². The summed E-state index contributed by atoms with van der Waals surface area (Å²) in [5.74, 6) is 1.70. The molecule has 3 aliphatic heterocycles. The maximum absolute atomic E-state index is 12.1. The van der Waals surface area contributed by atoms with E-state index in [1.165, 1.54) is 38.9 Å². The molecule has 0 saturated carbocycles. The highest BCUT2D eigenvalue weighted by atomic mass is 16.2. The van der Waals surface area contributed by atoms with Gasteiger partial charge in [0.15, 0.2) is 6.54 Å². The van der Waals surface area contributed by atoms with Gasteiger partial charge < -0.3 is 9.80 Å². The molecule has 18 heavy (non-hydrogen) atoms. The van der Waals surface area contributed by atoms with Crippen molar-refractivity contribution in [2.75, 3.05) is 31.5 Å². The summed E-state index contributed by atoms with van der Waals surface area (Å²) in [4.78, 5) is 16.2. The van der Waals surface area contributed by atoms with Gasteiger partial charge in [0.25, 0.3) is 5.91 Å². The second kappa shape index (κ2) is 4.69. The molecule has 1 N–H and O–H groups in total. The number of nitrogens with zero attached hydrogens (tertiary/aromatic N) is 2. The Morgan fingerprint density at radius 3 is 2.61 bits per heavy atom. The number of pyridine rings is 1. The first kappa shape index (κ1) is 11.7. The number of carbonyl (C=O) groups excluding carboxylic acids is 1. The van der Waals surface area contributed by atoms with Gasteiger partial charge in [-0.1, -0.05) is 6.07 Å². The minimum absolute atomic E-state index is 0.106. The quantitative estimate of drug-likeness (QED) is 0.824. The molecule has 1 amide bonds. The lowest BCUT2D eigenvalue weighted by molar-refractivity contribution is -0.935. The molecule has 0 aliphatic carbocycles. The summed E-state index contributed by atoms with van der Waals surface area (Å²) >= 11 is 0. The van der Waals surface area contributed by atoms with Crippen molar-refractivity contribution in [3.63, 3.8) is 0 Å². The summed E-state index contributed by atoms with van der Waals surface area (Å²) < 4.78 is 0.995. The molecule has 0 aromatic carbocycles. The lowest BCUT2D eigenvalue weighted by atomic mass is 9.86. The lowest BCUT2D eigenvalue weighted by Gasteiger charge is -2.48. The van der Waals surface area contributed by atoms with E-state index < -0.39 is 0 Å². The first-order valence-electron chi connectivity index (χ1n) is 6.82. The molecule has 0 unspecified atom stereocenters. The van der Waals surface area contributed by atoms with E-state index in [1.54, 1.807) is 6.20 Å². The van der Waals surface area contributed by atoms with Crippen LogP contribution in [0.5, 0.6) is 0 Å². The Morgan fingerprint density at radius 2 is 2.00 bits per heavy atom. The molecule has 96 valence electrons. The van der Waals surface area contributed by atoms with E-state index in [2.05, 4.69) is 10.3 Å². The van der Waals surface area contributed by atoms with Crippen molar-refractivity contribution in [2.24, 2.45) is 5.92 Å². The number of amides is 1. The van der Waals surface area contributed by atoms with Crippen LogP contribution in [-0.4, -0.2) is 41.6 Å². The van der Waals surface area contributed by atoms with Crippen molar-refractivity contribution in [2.45, 2.75) is 19.3 Å². The van der Waals surface area contributed by atoms with E-state index in [1.807, 2.05) is 18.2 Å². The second-order valence-corrected chi connectivity index (χ2v) is 5.67. The van der Waals surface area contributed by atoms with Crippen molar-refractivity contribution in [3.8, 4) is 0 Å². The predicted octanol–water partition coefficient (Wildman–Crippen LogP) is 1.65. The third-order valence-electron chi connectivity index (χ3n) is 4.45. The molecule has 3 fully saturated rings. The number of carbonyl (C=O) groups is 1. The maximum Gasteiger partial charge on any atom is 0.280 e. The van der Waals surface area contributed by atoms with Crippen LogP contribution in [0.4, 0.5) is 5.82 Å². The van der Waals surface area contributed by atoms with Gasteiger partial charge in [-0.25, -0.2) is 4.98 Å². The number of piperidine rings is 3. The predicted molar refractivity (Wildman–Crippen MR) is 69.9 cm³/mol. The molecule has 0 atom stereocenters. The number of anilines is 1. The number of aromatic nitrogens is 1. The summed E-state index contributed by atoms with van der Waals surface area (Å²) in [6, 6.07) is 5.58. The van der Waals surface area contributed by atoms with E-state index in [0.717, 1.165) is 10.4 Å². The van der Waals surface area contributed by atoms with E-state index in [9.17, 15) is 4.79 Å². The smallest absolute Gasteiger partial charge is 0.280 e. The summed E-state index contributed by atoms with van der Waals surface area (Å²) in [5.41, 5.74) is 0. The van der Waals surface area contributed by atoms with Crippen LogP contribution in [0.3, 0.4) is 0 Å². The number of quaternary nitrogens is 1. The monoisotopic (exact) mass is 246 g/mol. The molecule has 2 bridgehead atoms. The fourth-order valence-corrected chi connectivity index (χ4v) is 3.30. The van der Waals surface area contributed by atoms with Crippen molar-refractivity contribution >= 4 is 11.7 Å². The van der Waals surface area contributed by atoms with Gasteiger partial charge in [-0.05, 0) is 37.3 Å². The van der Waals surface area contributed by atoms with E-state index in [-0.39, 0.29) is 5.91 Å². The number of hydrogen-bond acceptors (Lipinski definition) is 2. The van der Waals surface area contributed by atoms with Gasteiger partial charge in [-0.2, -0.15) is 0 Å². The van der Waals surface area contributed by atoms with Gasteiger partial charge in [-0.3, -0.25) is 4.79 Å². The first-order chi connectivity index (χ1) is 8.76. The minimum atomic E-state index is 0.106. The van der Waals surface area contributed by atoms with Gasteiger partial charge in [-0.15, -0.1) is 0 Å². The zero-order valence-corrected chi connectivity index (χ0v) is 10.6. The zero-order chi connectivity index (χ0) is 12.4. The molecule has 4 heterocycles. The number of nitrogens with one attached hydrogen (secondary N) is 1. The molecule has 3 aliphatic rings. The highest BCUT2D eigenvalue weighted by Crippen LogP contribution is 2.33. The fourth-order valence-electron chi connectivity index (χ4n) is 3.30. The van der Waals surface area contributed by atoms with Gasteiger partial charge in [0.05, 0.1) is 19.6 Å². The van der Waals surface area contributed by atoms with Crippen LogP contribution >= 0.6 is 0 Å². The highest BCUT2D eigenvalue weighted by molar-refractivity contribution is 5.90. The van der Waals surface area contributed by atoms with E-state index >= 15 is 0 Å². The van der Waals surface area contributed by atoms with Crippen molar-refractivity contribution < 1.29 is 9.28 Å². The van der Waals surface area contributed by atoms with Crippen LogP contribution < -0.4 is 5.32 Å². The molecular weight excluding hydrogens is 226 g/mol. The number of hydrogen-bond donors (Lipinski definition) is 1. The second-order valence-electron chi connectivity index (χ2n) is 5.67. The standard InChI is InChI=1S/C14H19N3O/c18-14(16-13-3-1-2-7-15-13)11-17-8-4-12(5-9-17)6-10-17/h1-3,7,12H,4-6,8-11H2/p+1. The van der Waals surface area contributed by atoms with Crippen LogP contribution in [0.1, 0.15) is 19.3 Å². The average molecular weight is 246 g/mol. The summed E-state index contributed by atoms with van der Waals surface area (Å²) in [7, 11) is 0. The summed E-state index contributed by atoms with van der Waals surface area (Å²) in [5, 5.41) is 2.90. The van der Waals surface area contributed by atoms with Gasteiger partial charge in [0.1, 0.15) is 5.82 Å². The fraction of sp³-hybridized carbons (Fsp3) is 0.571. The van der Waals surface area contributed by atoms with Crippen molar-refractivity contribution in [3.05, 3.63) is 24.4 Å². The molecule has 4 heteroatoms. The normalized spacial score (nSPS) is 30.1. The van der Waals surface area contributed by atoms with Crippen LogP contribution in [0.25, 0.3) is 0 Å². The summed E-state index contributed by atoms with van der Waals surface area (Å²) in [6.07, 6.45) is 5.61.